The molecular weight excluding hydrogens is 204 g/mol. The molecule has 1 saturated heterocycles. The van der Waals surface area contributed by atoms with E-state index in [1.165, 1.54) is 0 Å². The van der Waals surface area contributed by atoms with E-state index in [1.54, 1.807) is 0 Å². The fourth-order valence-electron chi connectivity index (χ4n) is 1.40. The number of rotatable bonds is 3. The van der Waals surface area contributed by atoms with Crippen molar-refractivity contribution in [3.05, 3.63) is 20.9 Å². The van der Waals surface area contributed by atoms with E-state index in [0.29, 0.717) is 0 Å². The predicted molar refractivity (Wildman–Crippen MR) is 48.7 cm³/mol. The van der Waals surface area contributed by atoms with Gasteiger partial charge in [-0.1, -0.05) is 10.2 Å². The first-order chi connectivity index (χ1) is 7.24. The molecular formula is C6H10N6O3. The standard InChI is InChI=1S/C6H10N6O3/c7-11-9-3-2-15-4(1-13)5(6(3)14)10-12-8/h3-6,13-14H,1-2H2. The van der Waals surface area contributed by atoms with Gasteiger partial charge in [-0.25, -0.2) is 0 Å². The first-order valence-corrected chi connectivity index (χ1v) is 4.23. The van der Waals surface area contributed by atoms with Crippen molar-refractivity contribution in [1.82, 2.24) is 0 Å². The molecule has 1 aliphatic heterocycles. The minimum absolute atomic E-state index is 0.00605. The van der Waals surface area contributed by atoms with Crippen LogP contribution in [0.5, 0.6) is 0 Å². The molecule has 0 aromatic heterocycles. The molecule has 1 fully saturated rings. The van der Waals surface area contributed by atoms with Gasteiger partial charge in [-0.2, -0.15) is 0 Å². The quantitative estimate of drug-likeness (QED) is 0.389. The lowest BCUT2D eigenvalue weighted by atomic mass is 9.97. The Kier molecular flexibility index (Phi) is 4.17. The van der Waals surface area contributed by atoms with Gasteiger partial charge in [0.1, 0.15) is 0 Å². The lowest BCUT2D eigenvalue weighted by Gasteiger charge is -2.35. The fourth-order valence-corrected chi connectivity index (χ4v) is 1.40. The number of hydrogen-bond donors (Lipinski definition) is 2. The van der Waals surface area contributed by atoms with Crippen molar-refractivity contribution < 1.29 is 14.9 Å². The molecule has 1 heterocycles. The van der Waals surface area contributed by atoms with E-state index in [-0.39, 0.29) is 13.2 Å². The molecule has 4 atom stereocenters. The summed E-state index contributed by atoms with van der Waals surface area (Å²) in [4.78, 5) is 5.08. The predicted octanol–water partition coefficient (Wildman–Crippen LogP) is 0.0962. The number of nitrogens with zero attached hydrogens (tertiary/aromatic N) is 6. The third kappa shape index (κ3) is 2.50. The highest BCUT2D eigenvalue weighted by Gasteiger charge is 2.38. The highest BCUT2D eigenvalue weighted by Crippen LogP contribution is 2.20. The van der Waals surface area contributed by atoms with E-state index >= 15 is 0 Å². The SMILES string of the molecule is [N-]=[N+]=NC1COC(CO)C(N=[N+]=[N-])C1O. The van der Waals surface area contributed by atoms with Gasteiger partial charge in [0.15, 0.2) is 0 Å². The van der Waals surface area contributed by atoms with Gasteiger partial charge < -0.3 is 14.9 Å². The average Bonchev–Trinajstić information content (AvgIpc) is 2.25. The summed E-state index contributed by atoms with van der Waals surface area (Å²) in [5.74, 6) is 0. The summed E-state index contributed by atoms with van der Waals surface area (Å²) in [6.45, 7) is -0.377. The van der Waals surface area contributed by atoms with Gasteiger partial charge in [-0.15, -0.1) is 0 Å². The molecule has 9 heteroatoms. The summed E-state index contributed by atoms with van der Waals surface area (Å²) >= 11 is 0. The highest BCUT2D eigenvalue weighted by molar-refractivity contribution is 4.95. The van der Waals surface area contributed by atoms with Crippen LogP contribution in [0.4, 0.5) is 0 Å². The van der Waals surface area contributed by atoms with E-state index < -0.39 is 24.3 Å². The maximum absolute atomic E-state index is 9.67. The molecule has 0 aromatic rings. The smallest absolute Gasteiger partial charge is 0.0922 e. The molecule has 2 N–H and O–H groups in total. The van der Waals surface area contributed by atoms with E-state index in [4.69, 9.17) is 20.9 Å². The van der Waals surface area contributed by atoms with Crippen molar-refractivity contribution in [2.24, 2.45) is 10.2 Å². The van der Waals surface area contributed by atoms with Crippen LogP contribution in [-0.4, -0.2) is 47.7 Å². The first kappa shape index (κ1) is 11.6. The molecule has 0 radical (unpaired) electrons. The fraction of sp³-hybridized carbons (Fsp3) is 1.00. The Labute approximate surface area is 84.5 Å². The Morgan fingerprint density at radius 1 is 1.33 bits per heavy atom. The maximum atomic E-state index is 9.67. The molecule has 4 unspecified atom stereocenters. The van der Waals surface area contributed by atoms with Gasteiger partial charge in [0.25, 0.3) is 0 Å². The third-order valence-corrected chi connectivity index (χ3v) is 2.17. The Hall–Kier alpha value is -1.50. The van der Waals surface area contributed by atoms with Crippen molar-refractivity contribution in [2.75, 3.05) is 13.2 Å². The number of azide groups is 2. The van der Waals surface area contributed by atoms with Crippen LogP contribution >= 0.6 is 0 Å². The second-order valence-corrected chi connectivity index (χ2v) is 3.01. The van der Waals surface area contributed by atoms with Crippen LogP contribution in [0.2, 0.25) is 0 Å². The summed E-state index contributed by atoms with van der Waals surface area (Å²) in [5, 5.41) is 25.2. The summed E-state index contributed by atoms with van der Waals surface area (Å²) in [7, 11) is 0. The minimum Gasteiger partial charge on any atom is -0.394 e. The van der Waals surface area contributed by atoms with Gasteiger partial charge in [0, 0.05) is 9.82 Å². The van der Waals surface area contributed by atoms with Crippen LogP contribution in [0.3, 0.4) is 0 Å². The summed E-state index contributed by atoms with van der Waals surface area (Å²) < 4.78 is 5.09. The van der Waals surface area contributed by atoms with Crippen LogP contribution in [0.25, 0.3) is 20.9 Å². The highest BCUT2D eigenvalue weighted by atomic mass is 16.5. The zero-order valence-electron chi connectivity index (χ0n) is 7.71. The third-order valence-electron chi connectivity index (χ3n) is 2.17. The maximum Gasteiger partial charge on any atom is 0.0922 e. The number of aliphatic hydroxyl groups excluding tert-OH is 2. The lowest BCUT2D eigenvalue weighted by molar-refractivity contribution is -0.0898. The normalized spacial score (nSPS) is 35.1. The average molecular weight is 214 g/mol. The largest absolute Gasteiger partial charge is 0.394 e. The monoisotopic (exact) mass is 214 g/mol. The minimum atomic E-state index is -1.14. The number of ether oxygens (including phenoxy) is 1. The summed E-state index contributed by atoms with van der Waals surface area (Å²) in [6, 6.07) is -1.74. The number of hydrogen-bond acceptors (Lipinski definition) is 5. The zero-order chi connectivity index (χ0) is 11.3. The van der Waals surface area contributed by atoms with Crippen molar-refractivity contribution in [2.45, 2.75) is 24.3 Å². The van der Waals surface area contributed by atoms with E-state index in [2.05, 4.69) is 20.1 Å². The molecule has 82 valence electrons. The Morgan fingerprint density at radius 2 is 2.00 bits per heavy atom. The zero-order valence-corrected chi connectivity index (χ0v) is 7.71. The molecule has 1 aliphatic rings. The Balaban J connectivity index is 2.84. The molecule has 0 spiro atoms. The van der Waals surface area contributed by atoms with Crippen molar-refractivity contribution in [3.8, 4) is 0 Å². The molecule has 9 nitrogen and oxygen atoms in total. The molecule has 0 saturated carbocycles. The molecule has 0 bridgehead atoms. The molecule has 0 aliphatic carbocycles. The van der Waals surface area contributed by atoms with Crippen LogP contribution in [0.15, 0.2) is 10.2 Å². The van der Waals surface area contributed by atoms with Crippen LogP contribution in [0.1, 0.15) is 0 Å². The van der Waals surface area contributed by atoms with E-state index in [0.717, 1.165) is 0 Å². The van der Waals surface area contributed by atoms with Gasteiger partial charge >= 0.3 is 0 Å². The molecule has 0 aromatic carbocycles. The van der Waals surface area contributed by atoms with Crippen LogP contribution in [0, 0.1) is 0 Å². The summed E-state index contributed by atoms with van der Waals surface area (Å²) in [6.07, 6.45) is -1.90. The second-order valence-electron chi connectivity index (χ2n) is 3.01. The van der Waals surface area contributed by atoms with Crippen molar-refractivity contribution in [3.63, 3.8) is 0 Å². The van der Waals surface area contributed by atoms with Crippen molar-refractivity contribution >= 4 is 0 Å². The Morgan fingerprint density at radius 3 is 2.53 bits per heavy atom. The lowest BCUT2D eigenvalue weighted by Crippen LogP contribution is -2.52. The number of aliphatic hydroxyl groups is 2. The van der Waals surface area contributed by atoms with Gasteiger partial charge in [0.2, 0.25) is 0 Å². The second kappa shape index (κ2) is 5.40. The van der Waals surface area contributed by atoms with Gasteiger partial charge in [0.05, 0.1) is 37.5 Å². The van der Waals surface area contributed by atoms with Crippen LogP contribution < -0.4 is 0 Å². The molecule has 15 heavy (non-hydrogen) atoms. The van der Waals surface area contributed by atoms with E-state index in [1.807, 2.05) is 0 Å². The molecule has 1 rings (SSSR count). The topological polar surface area (TPSA) is 147 Å². The molecule has 0 amide bonds. The van der Waals surface area contributed by atoms with Gasteiger partial charge in [-0.05, 0) is 11.1 Å². The van der Waals surface area contributed by atoms with Crippen LogP contribution in [-0.2, 0) is 4.74 Å². The summed E-state index contributed by atoms with van der Waals surface area (Å²) in [5.41, 5.74) is 16.5. The van der Waals surface area contributed by atoms with Gasteiger partial charge in [-0.3, -0.25) is 0 Å². The van der Waals surface area contributed by atoms with E-state index in [9.17, 15) is 5.11 Å². The Bertz CT molecular complexity index is 310. The first-order valence-electron chi connectivity index (χ1n) is 4.23. The van der Waals surface area contributed by atoms with Crippen molar-refractivity contribution in [1.29, 1.82) is 0 Å².